The van der Waals surface area contributed by atoms with Gasteiger partial charge in [-0.15, -0.1) is 13.2 Å². The van der Waals surface area contributed by atoms with Gasteiger partial charge < -0.3 is 29.2 Å². The quantitative estimate of drug-likeness (QED) is 0.261. The monoisotopic (exact) mass is 550 g/mol. The van der Waals surface area contributed by atoms with E-state index in [-0.39, 0.29) is 22.4 Å². The maximum Gasteiger partial charge on any atom is 0.573 e. The second kappa shape index (κ2) is 10.3. The minimum atomic E-state index is -4.72. The number of alkyl halides is 3. The van der Waals surface area contributed by atoms with Crippen LogP contribution in [0.3, 0.4) is 0 Å². The zero-order chi connectivity index (χ0) is 26.9. The van der Waals surface area contributed by atoms with Gasteiger partial charge in [0.1, 0.15) is 36.2 Å². The van der Waals surface area contributed by atoms with Crippen molar-refractivity contribution < 1.29 is 32.3 Å². The van der Waals surface area contributed by atoms with Crippen LogP contribution in [0, 0.1) is 10.1 Å². The van der Waals surface area contributed by atoms with Gasteiger partial charge in [0.2, 0.25) is 0 Å². The first-order chi connectivity index (χ1) is 18.1. The third-order valence-electron chi connectivity index (χ3n) is 6.30. The molecule has 2 aliphatic rings. The van der Waals surface area contributed by atoms with E-state index < -0.39 is 11.3 Å². The average molecular weight is 551 g/mol. The van der Waals surface area contributed by atoms with Crippen LogP contribution in [0.25, 0.3) is 0 Å². The Morgan fingerprint density at radius 1 is 1.08 bits per heavy atom. The Kier molecular flexibility index (Phi) is 7.03. The predicted octanol–water partition coefficient (Wildman–Crippen LogP) is 5.68. The van der Waals surface area contributed by atoms with E-state index >= 15 is 0 Å². The fourth-order valence-corrected chi connectivity index (χ4v) is 5.63. The number of hydrogen-bond donors (Lipinski definition) is 0. The molecular formula is C25H25F3N4O5S. The van der Waals surface area contributed by atoms with Crippen LogP contribution in [0.1, 0.15) is 19.8 Å². The summed E-state index contributed by atoms with van der Waals surface area (Å²) in [5.41, 5.74) is 1.07. The highest BCUT2D eigenvalue weighted by molar-refractivity contribution is 8.00. The van der Waals surface area contributed by atoms with Crippen LogP contribution in [0.4, 0.5) is 24.7 Å². The number of nitrogens with zero attached hydrogens (tertiary/aromatic N) is 4. The van der Waals surface area contributed by atoms with E-state index in [0.29, 0.717) is 24.1 Å². The SMILES string of the molecule is CC1(COc2ccc(N3CCC(Oc4ccc(OC(F)(F)F)cc4)CC3)cc2)Cn2cc([N+](=O)[O-])nc2S1. The lowest BCUT2D eigenvalue weighted by Crippen LogP contribution is -2.38. The van der Waals surface area contributed by atoms with Crippen molar-refractivity contribution in [1.29, 1.82) is 0 Å². The van der Waals surface area contributed by atoms with Crippen LogP contribution in [0.2, 0.25) is 0 Å². The van der Waals surface area contributed by atoms with E-state index in [4.69, 9.17) is 9.47 Å². The number of imidazole rings is 1. The van der Waals surface area contributed by atoms with Gasteiger partial charge in [-0.25, -0.2) is 0 Å². The highest BCUT2D eigenvalue weighted by atomic mass is 32.2. The molecule has 0 aliphatic carbocycles. The Morgan fingerprint density at radius 2 is 1.71 bits per heavy atom. The van der Waals surface area contributed by atoms with Crippen molar-refractivity contribution in [3.05, 3.63) is 64.8 Å². The number of hydrogen-bond acceptors (Lipinski definition) is 8. The summed E-state index contributed by atoms with van der Waals surface area (Å²) < 4.78 is 54.3. The van der Waals surface area contributed by atoms with E-state index in [0.717, 1.165) is 37.4 Å². The van der Waals surface area contributed by atoms with Crippen molar-refractivity contribution in [2.24, 2.45) is 0 Å². The van der Waals surface area contributed by atoms with Crippen LogP contribution >= 0.6 is 11.8 Å². The standard InChI is InChI=1S/C25H25F3N4O5S/c1-24(15-31-14-22(32(33)34)29-23(31)38-24)16-35-18-4-2-17(3-5-18)30-12-10-20(11-13-30)36-19-6-8-21(9-7-19)37-25(26,27)28/h2-9,14,20H,10-13,15-16H2,1H3. The number of fused-ring (bicyclic) bond motifs is 1. The highest BCUT2D eigenvalue weighted by Crippen LogP contribution is 2.42. The van der Waals surface area contributed by atoms with Gasteiger partial charge >= 0.3 is 12.2 Å². The van der Waals surface area contributed by atoms with Gasteiger partial charge in [0.05, 0.1) is 4.75 Å². The molecule has 0 bridgehead atoms. The summed E-state index contributed by atoms with van der Waals surface area (Å²) in [6, 6.07) is 13.3. The summed E-state index contributed by atoms with van der Waals surface area (Å²) in [6.07, 6.45) is -1.72. The highest BCUT2D eigenvalue weighted by Gasteiger charge is 2.40. The Morgan fingerprint density at radius 3 is 2.32 bits per heavy atom. The number of benzene rings is 2. The van der Waals surface area contributed by atoms with Crippen LogP contribution in [-0.4, -0.2) is 51.4 Å². The fourth-order valence-electron chi connectivity index (χ4n) is 4.49. The minimum absolute atomic E-state index is 0.0241. The second-order valence-electron chi connectivity index (χ2n) is 9.42. The van der Waals surface area contributed by atoms with Crippen molar-refractivity contribution >= 4 is 23.3 Å². The first kappa shape index (κ1) is 26.0. The molecule has 0 N–H and O–H groups in total. The first-order valence-electron chi connectivity index (χ1n) is 12.0. The molecule has 1 unspecified atom stereocenters. The lowest BCUT2D eigenvalue weighted by Gasteiger charge is -2.33. The molecule has 38 heavy (non-hydrogen) atoms. The lowest BCUT2D eigenvalue weighted by molar-refractivity contribution is -0.389. The summed E-state index contributed by atoms with van der Waals surface area (Å²) in [4.78, 5) is 16.7. The first-order valence-corrected chi connectivity index (χ1v) is 12.8. The molecule has 1 saturated heterocycles. The Balaban J connectivity index is 1.07. The molecule has 1 aromatic heterocycles. The van der Waals surface area contributed by atoms with E-state index in [1.165, 1.54) is 42.2 Å². The summed E-state index contributed by atoms with van der Waals surface area (Å²) >= 11 is 1.48. The molecule has 3 aromatic rings. The van der Waals surface area contributed by atoms with Crippen molar-refractivity contribution in [2.75, 3.05) is 24.6 Å². The van der Waals surface area contributed by atoms with Crippen LogP contribution in [0.15, 0.2) is 59.9 Å². The molecule has 5 rings (SSSR count). The Hall–Kier alpha value is -3.61. The summed E-state index contributed by atoms with van der Waals surface area (Å²) in [5.74, 6) is 0.828. The third kappa shape index (κ3) is 6.26. The van der Waals surface area contributed by atoms with Gasteiger partial charge in [0, 0.05) is 38.2 Å². The van der Waals surface area contributed by atoms with Crippen LogP contribution in [-0.2, 0) is 6.54 Å². The summed E-state index contributed by atoms with van der Waals surface area (Å²) in [5, 5.41) is 11.5. The molecule has 1 atom stereocenters. The van der Waals surface area contributed by atoms with E-state index in [2.05, 4.69) is 14.6 Å². The Labute approximate surface area is 220 Å². The number of rotatable bonds is 8. The maximum atomic E-state index is 12.3. The smallest absolute Gasteiger partial charge is 0.492 e. The van der Waals surface area contributed by atoms with Gasteiger partial charge in [0.25, 0.3) is 5.16 Å². The lowest BCUT2D eigenvalue weighted by atomic mass is 10.1. The van der Waals surface area contributed by atoms with Crippen molar-refractivity contribution in [2.45, 2.75) is 48.7 Å². The number of anilines is 1. The number of nitro groups is 1. The molecule has 0 radical (unpaired) electrons. The molecule has 202 valence electrons. The predicted molar refractivity (Wildman–Crippen MR) is 134 cm³/mol. The number of ether oxygens (including phenoxy) is 3. The molecule has 1 fully saturated rings. The van der Waals surface area contributed by atoms with Crippen molar-refractivity contribution in [3.8, 4) is 17.2 Å². The van der Waals surface area contributed by atoms with Crippen LogP contribution < -0.4 is 19.1 Å². The normalized spacial score (nSPS) is 19.7. The van der Waals surface area contributed by atoms with Crippen molar-refractivity contribution in [1.82, 2.24) is 9.55 Å². The number of halogens is 3. The molecule has 2 aromatic carbocycles. The van der Waals surface area contributed by atoms with E-state index in [1.807, 2.05) is 31.2 Å². The van der Waals surface area contributed by atoms with E-state index in [9.17, 15) is 23.3 Å². The second-order valence-corrected chi connectivity index (χ2v) is 11.0. The number of aromatic nitrogens is 2. The van der Waals surface area contributed by atoms with Crippen molar-refractivity contribution in [3.63, 3.8) is 0 Å². The number of thioether (sulfide) groups is 1. The molecule has 0 saturated carbocycles. The zero-order valence-electron chi connectivity index (χ0n) is 20.4. The largest absolute Gasteiger partial charge is 0.573 e. The fraction of sp³-hybridized carbons (Fsp3) is 0.400. The van der Waals surface area contributed by atoms with Gasteiger partial charge in [0.15, 0.2) is 0 Å². The summed E-state index contributed by atoms with van der Waals surface area (Å²) in [6.45, 7) is 4.62. The molecular weight excluding hydrogens is 525 g/mol. The molecule has 3 heterocycles. The maximum absolute atomic E-state index is 12.3. The van der Waals surface area contributed by atoms with Crippen LogP contribution in [0.5, 0.6) is 17.2 Å². The summed E-state index contributed by atoms with van der Waals surface area (Å²) in [7, 11) is 0. The number of piperidine rings is 1. The zero-order valence-corrected chi connectivity index (χ0v) is 21.2. The molecule has 0 spiro atoms. The van der Waals surface area contributed by atoms with Gasteiger partial charge in [-0.1, -0.05) is 0 Å². The van der Waals surface area contributed by atoms with Gasteiger partial charge in [-0.2, -0.15) is 0 Å². The molecule has 13 heteroatoms. The molecule has 0 amide bonds. The average Bonchev–Trinajstić information content (AvgIpc) is 3.40. The van der Waals surface area contributed by atoms with Gasteiger partial charge in [-0.05, 0) is 77.1 Å². The molecule has 9 nitrogen and oxygen atoms in total. The molecule has 2 aliphatic heterocycles. The third-order valence-corrected chi connectivity index (χ3v) is 7.55. The van der Waals surface area contributed by atoms with Gasteiger partial charge in [-0.3, -0.25) is 4.57 Å². The minimum Gasteiger partial charge on any atom is -0.492 e. The topological polar surface area (TPSA) is 91.9 Å². The Bertz CT molecular complexity index is 1250. The van der Waals surface area contributed by atoms with E-state index in [1.54, 1.807) is 4.57 Å².